The van der Waals surface area contributed by atoms with Crippen LogP contribution in [-0.4, -0.2) is 69.6 Å². The zero-order chi connectivity index (χ0) is 19.0. The Kier molecular flexibility index (Phi) is 11.4. The first kappa shape index (κ1) is 28.1. The van der Waals surface area contributed by atoms with Crippen LogP contribution in [0, 0.1) is 0 Å². The van der Waals surface area contributed by atoms with Crippen molar-refractivity contribution in [1.29, 1.82) is 0 Å². The molecule has 2 aliphatic rings. The summed E-state index contributed by atoms with van der Waals surface area (Å²) in [5, 5.41) is 21.8. The van der Waals surface area contributed by atoms with E-state index in [1.807, 2.05) is 5.32 Å². The number of nitrogens with zero attached hydrogens (tertiary/aromatic N) is 1. The molecule has 2 aliphatic heterocycles. The largest absolute Gasteiger partial charge is 1.00 e. The number of aliphatic hydroxyl groups is 2. The van der Waals surface area contributed by atoms with Crippen LogP contribution in [0.2, 0.25) is 0 Å². The van der Waals surface area contributed by atoms with Crippen LogP contribution in [0.5, 0.6) is 0 Å². The second kappa shape index (κ2) is 10.9. The number of phosphoric acid groups is 2. The summed E-state index contributed by atoms with van der Waals surface area (Å²) in [6.45, 7) is -1.08. The average molecular weight is 450 g/mol. The van der Waals surface area contributed by atoms with Gasteiger partial charge in [-0.15, -0.1) is 0 Å². The average Bonchev–Trinajstić information content (AvgIpc) is 2.71. The van der Waals surface area contributed by atoms with Crippen LogP contribution in [0.15, 0.2) is 0 Å². The number of urea groups is 1. The van der Waals surface area contributed by atoms with Crippen molar-refractivity contribution in [3.63, 3.8) is 0 Å². The molecule has 0 aromatic heterocycles. The molecule has 0 saturated carbocycles. The van der Waals surface area contributed by atoms with Crippen molar-refractivity contribution in [2.75, 3.05) is 13.2 Å². The fourth-order valence-corrected chi connectivity index (χ4v) is 3.79. The zero-order valence-electron chi connectivity index (χ0n) is 14.3. The summed E-state index contributed by atoms with van der Waals surface area (Å²) < 4.78 is 34.3. The Balaban J connectivity index is 0.00000338. The van der Waals surface area contributed by atoms with E-state index in [9.17, 15) is 38.7 Å². The number of phosphoric ester groups is 1. The summed E-state index contributed by atoms with van der Waals surface area (Å²) in [7, 11) is -11.1. The summed E-state index contributed by atoms with van der Waals surface area (Å²) in [5.41, 5.74) is 0. The number of ether oxygens (including phenoxy) is 1. The molecule has 2 rings (SSSR count). The molecular weight excluding hydrogens is 436 g/mol. The third kappa shape index (κ3) is 8.02. The number of amides is 3. The Morgan fingerprint density at radius 1 is 1.22 bits per heavy atom. The molecule has 0 bridgehead atoms. The van der Waals surface area contributed by atoms with Gasteiger partial charge in [0.15, 0.2) is 6.23 Å². The maximum absolute atomic E-state index is 11.7. The number of carbonyl (C=O) groups excluding carboxylic acids is 2. The van der Waals surface area contributed by atoms with E-state index < -0.39 is 58.7 Å². The Bertz CT molecular complexity index is 646. The predicted molar refractivity (Wildman–Crippen MR) is 70.0 cm³/mol. The molecule has 14 nitrogen and oxygen atoms in total. The number of carbonyl (C=O) groups is 2. The predicted octanol–water partition coefficient (Wildman–Crippen LogP) is -9.65. The number of rotatable bonds is 6. The van der Waals surface area contributed by atoms with E-state index in [0.29, 0.717) is 0 Å². The van der Waals surface area contributed by atoms with Crippen molar-refractivity contribution in [3.8, 4) is 0 Å². The van der Waals surface area contributed by atoms with E-state index >= 15 is 0 Å². The van der Waals surface area contributed by atoms with Crippen LogP contribution in [0.1, 0.15) is 6.42 Å². The SMILES string of the molecule is O=C1CCN([C@@H]2O[C@H](COP(=O)([O-])OP(=O)([O-])O)[C@@H](O)[C@H]2O)C(=O)N1.[Na+].[Na+]. The summed E-state index contributed by atoms with van der Waals surface area (Å²) in [6, 6.07) is -0.875. The second-order valence-electron chi connectivity index (χ2n) is 5.14. The van der Waals surface area contributed by atoms with Crippen LogP contribution in [-0.2, 0) is 27.5 Å². The van der Waals surface area contributed by atoms with E-state index in [2.05, 4.69) is 8.83 Å². The Hall–Kier alpha value is 1.08. The maximum Gasteiger partial charge on any atom is 1.00 e. The van der Waals surface area contributed by atoms with Gasteiger partial charge in [0.2, 0.25) is 5.91 Å². The number of imide groups is 1. The number of hydrogen-bond donors (Lipinski definition) is 4. The van der Waals surface area contributed by atoms with Gasteiger partial charge in [-0.1, -0.05) is 0 Å². The topological polar surface area (TPSA) is 218 Å². The van der Waals surface area contributed by atoms with Gasteiger partial charge in [0.1, 0.15) is 18.3 Å². The van der Waals surface area contributed by atoms with E-state index in [1.165, 1.54) is 0 Å². The first-order valence-electron chi connectivity index (χ1n) is 6.72. The molecule has 2 saturated heterocycles. The first-order chi connectivity index (χ1) is 11.4. The van der Waals surface area contributed by atoms with Crippen LogP contribution in [0.3, 0.4) is 0 Å². The van der Waals surface area contributed by atoms with Gasteiger partial charge in [0.25, 0.3) is 15.6 Å². The Labute approximate surface area is 197 Å². The molecule has 6 atom stereocenters. The van der Waals surface area contributed by atoms with Crippen LogP contribution in [0.25, 0.3) is 0 Å². The van der Waals surface area contributed by atoms with Gasteiger partial charge in [-0.3, -0.25) is 24.1 Å². The molecule has 144 valence electrons. The molecule has 2 heterocycles. The van der Waals surface area contributed by atoms with Crippen molar-refractivity contribution in [2.24, 2.45) is 0 Å². The quantitative estimate of drug-likeness (QED) is 0.219. The molecule has 2 fully saturated rings. The van der Waals surface area contributed by atoms with Crippen molar-refractivity contribution in [3.05, 3.63) is 0 Å². The third-order valence-corrected chi connectivity index (χ3v) is 5.42. The summed E-state index contributed by atoms with van der Waals surface area (Å²) in [5.74, 6) is -0.537. The monoisotopic (exact) mass is 450 g/mol. The minimum Gasteiger partial charge on any atom is -0.756 e. The fraction of sp³-hybridized carbons (Fsp3) is 0.778. The number of hydrogen-bond acceptors (Lipinski definition) is 11. The molecule has 0 aromatic carbocycles. The van der Waals surface area contributed by atoms with E-state index in [4.69, 9.17) is 9.63 Å². The molecule has 3 amide bonds. The fourth-order valence-electron chi connectivity index (χ4n) is 2.26. The Morgan fingerprint density at radius 3 is 2.33 bits per heavy atom. The van der Waals surface area contributed by atoms with Crippen molar-refractivity contribution in [1.82, 2.24) is 10.2 Å². The summed E-state index contributed by atoms with van der Waals surface area (Å²) in [4.78, 5) is 53.6. The Morgan fingerprint density at radius 2 is 1.81 bits per heavy atom. The first-order valence-corrected chi connectivity index (χ1v) is 9.68. The molecule has 0 aromatic rings. The molecule has 4 N–H and O–H groups in total. The minimum absolute atomic E-state index is 0. The van der Waals surface area contributed by atoms with Crippen molar-refractivity contribution >= 4 is 27.6 Å². The normalized spacial score (nSPS) is 32.6. The van der Waals surface area contributed by atoms with Gasteiger partial charge >= 0.3 is 65.1 Å². The second-order valence-corrected chi connectivity index (χ2v) is 7.88. The molecule has 0 aliphatic carbocycles. The van der Waals surface area contributed by atoms with Gasteiger partial charge < -0.3 is 34.2 Å². The molecule has 0 spiro atoms. The van der Waals surface area contributed by atoms with Gasteiger partial charge in [-0.25, -0.2) is 9.11 Å². The number of aliphatic hydroxyl groups excluding tert-OH is 2. The van der Waals surface area contributed by atoms with Gasteiger partial charge in [0.05, 0.1) is 6.61 Å². The number of nitrogens with one attached hydrogen (secondary N) is 1. The van der Waals surface area contributed by atoms with Crippen LogP contribution < -0.4 is 74.2 Å². The van der Waals surface area contributed by atoms with Gasteiger partial charge in [-0.2, -0.15) is 0 Å². The smallest absolute Gasteiger partial charge is 0.756 e. The van der Waals surface area contributed by atoms with Gasteiger partial charge in [-0.05, 0) is 0 Å². The third-order valence-electron chi connectivity index (χ3n) is 3.33. The van der Waals surface area contributed by atoms with E-state index in [-0.39, 0.29) is 72.1 Å². The zero-order valence-corrected chi connectivity index (χ0v) is 20.1. The van der Waals surface area contributed by atoms with Crippen LogP contribution >= 0.6 is 15.6 Å². The maximum atomic E-state index is 11.7. The molecular formula is C9H14N2Na2O12P2. The van der Waals surface area contributed by atoms with Gasteiger partial charge in [0, 0.05) is 13.0 Å². The molecule has 18 heteroatoms. The summed E-state index contributed by atoms with van der Waals surface area (Å²) in [6.07, 6.45) is -6.28. The summed E-state index contributed by atoms with van der Waals surface area (Å²) >= 11 is 0. The van der Waals surface area contributed by atoms with E-state index in [0.717, 1.165) is 4.90 Å². The standard InChI is InChI=1S/C9H16N2O12P2.2Na/c12-5-1-2-11(9(15)10-5)8-7(14)6(13)4(22-8)3-21-25(19,20)23-24(16,17)18;;/h4,6-8,13-14H,1-3H2,(H,19,20)(H,10,12,15)(H2,16,17,18);;/q;2*+1/p-2/t4-,6-,7-,8-;;/m1../s1. The van der Waals surface area contributed by atoms with Crippen LogP contribution in [0.4, 0.5) is 4.79 Å². The molecule has 27 heavy (non-hydrogen) atoms. The molecule has 2 unspecified atom stereocenters. The minimum atomic E-state index is -5.62. The van der Waals surface area contributed by atoms with Crippen molar-refractivity contribution < 1.29 is 116 Å². The molecule has 0 radical (unpaired) electrons. The van der Waals surface area contributed by atoms with E-state index in [1.54, 1.807) is 0 Å². The van der Waals surface area contributed by atoms with Crippen molar-refractivity contribution in [2.45, 2.75) is 31.0 Å².